The number of nitrogens with zero attached hydrogens (tertiary/aromatic N) is 4. The summed E-state index contributed by atoms with van der Waals surface area (Å²) < 4.78 is 49.5. The van der Waals surface area contributed by atoms with Gasteiger partial charge in [-0.25, -0.2) is 4.99 Å². The number of benzene rings is 1. The molecule has 0 aliphatic rings. The molecule has 0 saturated carbocycles. The molecule has 2 aromatic rings. The molecule has 2 rings (SSSR count). The van der Waals surface area contributed by atoms with E-state index in [9.17, 15) is 13.2 Å². The zero-order chi connectivity index (χ0) is 18.8. The van der Waals surface area contributed by atoms with E-state index in [2.05, 4.69) is 14.3 Å². The van der Waals surface area contributed by atoms with Crippen molar-refractivity contribution in [2.75, 3.05) is 7.05 Å². The molecule has 1 aromatic carbocycles. The topological polar surface area (TPSA) is 50.6 Å². The molecule has 0 aliphatic heterocycles. The van der Waals surface area contributed by atoms with Crippen LogP contribution in [0.4, 0.5) is 18.9 Å². The van der Waals surface area contributed by atoms with Gasteiger partial charge in [-0.1, -0.05) is 0 Å². The molecule has 9 heteroatoms. The molecule has 0 aliphatic carbocycles. The summed E-state index contributed by atoms with van der Waals surface area (Å²) in [5.41, 5.74) is -0.0939. The Kier molecular flexibility index (Phi) is 5.66. The number of aliphatic imine (C=N–C) groups is 1. The molecule has 0 atom stereocenters. The van der Waals surface area contributed by atoms with Crippen LogP contribution >= 0.6 is 11.5 Å². The first kappa shape index (κ1) is 19.2. The molecule has 0 N–H and O–H groups in total. The maximum Gasteiger partial charge on any atom is 0.420 e. The smallest absolute Gasteiger partial charge is 0.420 e. The van der Waals surface area contributed by atoms with Crippen LogP contribution in [0.2, 0.25) is 0 Å². The minimum atomic E-state index is -4.57. The maximum atomic E-state index is 13.4. The molecule has 136 valence electrons. The summed E-state index contributed by atoms with van der Waals surface area (Å²) >= 11 is 0.904. The van der Waals surface area contributed by atoms with Crippen molar-refractivity contribution in [2.24, 2.45) is 4.99 Å². The monoisotopic (exact) mass is 372 g/mol. The first-order valence-electron chi connectivity index (χ1n) is 7.54. The van der Waals surface area contributed by atoms with E-state index in [4.69, 9.17) is 4.74 Å². The summed E-state index contributed by atoms with van der Waals surface area (Å²) in [6.07, 6.45) is -3.06. The van der Waals surface area contributed by atoms with Gasteiger partial charge in [0.25, 0.3) is 5.19 Å². The van der Waals surface area contributed by atoms with Crippen LogP contribution in [0, 0.1) is 13.8 Å². The maximum absolute atomic E-state index is 13.4. The SMILES string of the molecule is Cc1nsc(Oc2cc(C)c(N=CN(C)C(C)C)cc2C(F)(F)F)n1. The van der Waals surface area contributed by atoms with Crippen LogP contribution in [0.25, 0.3) is 0 Å². The minimum Gasteiger partial charge on any atom is -0.429 e. The first-order valence-corrected chi connectivity index (χ1v) is 8.31. The molecular formula is C16H19F3N4OS. The zero-order valence-corrected chi connectivity index (χ0v) is 15.4. The van der Waals surface area contributed by atoms with E-state index in [0.717, 1.165) is 17.6 Å². The number of hydrogen-bond donors (Lipinski definition) is 0. The van der Waals surface area contributed by atoms with Crippen LogP contribution in [0.1, 0.15) is 30.8 Å². The normalized spacial score (nSPS) is 12.2. The molecule has 0 amide bonds. The van der Waals surface area contributed by atoms with Gasteiger partial charge in [-0.3, -0.25) is 0 Å². The average molecular weight is 372 g/mol. The molecule has 0 bridgehead atoms. The Morgan fingerprint density at radius 3 is 2.48 bits per heavy atom. The van der Waals surface area contributed by atoms with Crippen molar-refractivity contribution in [3.05, 3.63) is 29.1 Å². The Hall–Kier alpha value is -2.16. The van der Waals surface area contributed by atoms with Gasteiger partial charge in [0.15, 0.2) is 0 Å². The third-order valence-electron chi connectivity index (χ3n) is 3.50. The van der Waals surface area contributed by atoms with Crippen molar-refractivity contribution in [1.82, 2.24) is 14.3 Å². The second-order valence-electron chi connectivity index (χ2n) is 5.85. The molecule has 0 fully saturated rings. The van der Waals surface area contributed by atoms with Crippen LogP contribution in [-0.4, -0.2) is 33.7 Å². The number of halogens is 3. The minimum absolute atomic E-state index is 0.0678. The Morgan fingerprint density at radius 2 is 1.96 bits per heavy atom. The molecule has 0 unspecified atom stereocenters. The van der Waals surface area contributed by atoms with E-state index < -0.39 is 11.7 Å². The summed E-state index contributed by atoms with van der Waals surface area (Å²) in [5.74, 6) is 0.139. The predicted molar refractivity (Wildman–Crippen MR) is 92.0 cm³/mol. The average Bonchev–Trinajstić information content (AvgIpc) is 2.89. The lowest BCUT2D eigenvalue weighted by atomic mass is 10.1. The largest absolute Gasteiger partial charge is 0.429 e. The predicted octanol–water partition coefficient (Wildman–Crippen LogP) is 4.97. The molecular weight excluding hydrogens is 353 g/mol. The number of aryl methyl sites for hydroxylation is 2. The Morgan fingerprint density at radius 1 is 1.28 bits per heavy atom. The van der Waals surface area contributed by atoms with E-state index in [1.165, 1.54) is 12.4 Å². The Labute approximate surface area is 148 Å². The fraction of sp³-hybridized carbons (Fsp3) is 0.438. The van der Waals surface area contributed by atoms with Crippen molar-refractivity contribution in [3.63, 3.8) is 0 Å². The van der Waals surface area contributed by atoms with Gasteiger partial charge in [-0.15, -0.1) is 0 Å². The van der Waals surface area contributed by atoms with E-state index in [1.807, 2.05) is 20.9 Å². The van der Waals surface area contributed by atoms with Crippen molar-refractivity contribution < 1.29 is 17.9 Å². The van der Waals surface area contributed by atoms with Gasteiger partial charge >= 0.3 is 6.18 Å². The molecule has 0 spiro atoms. The Balaban J connectivity index is 2.42. The lowest BCUT2D eigenvalue weighted by molar-refractivity contribution is -0.138. The van der Waals surface area contributed by atoms with E-state index in [1.54, 1.807) is 18.7 Å². The summed E-state index contributed by atoms with van der Waals surface area (Å²) in [6, 6.07) is 2.50. The van der Waals surface area contributed by atoms with Crippen LogP contribution in [0.15, 0.2) is 17.1 Å². The number of aromatic nitrogens is 2. The second-order valence-corrected chi connectivity index (χ2v) is 6.56. The fourth-order valence-corrected chi connectivity index (χ4v) is 2.37. The van der Waals surface area contributed by atoms with Gasteiger partial charge in [-0.2, -0.15) is 22.5 Å². The van der Waals surface area contributed by atoms with E-state index >= 15 is 0 Å². The van der Waals surface area contributed by atoms with Crippen molar-refractivity contribution in [2.45, 2.75) is 39.9 Å². The number of ether oxygens (including phenoxy) is 1. The van der Waals surface area contributed by atoms with Crippen LogP contribution in [-0.2, 0) is 6.18 Å². The summed E-state index contributed by atoms with van der Waals surface area (Å²) in [7, 11) is 1.81. The highest BCUT2D eigenvalue weighted by molar-refractivity contribution is 7.07. The van der Waals surface area contributed by atoms with Gasteiger partial charge in [0.05, 0.1) is 12.0 Å². The van der Waals surface area contributed by atoms with Gasteiger partial charge in [0.1, 0.15) is 17.1 Å². The lowest BCUT2D eigenvalue weighted by Crippen LogP contribution is -2.24. The van der Waals surface area contributed by atoms with Crippen LogP contribution in [0.5, 0.6) is 10.9 Å². The van der Waals surface area contributed by atoms with Crippen LogP contribution < -0.4 is 4.74 Å². The summed E-state index contributed by atoms with van der Waals surface area (Å²) in [6.45, 7) is 7.24. The summed E-state index contributed by atoms with van der Waals surface area (Å²) in [4.78, 5) is 9.92. The third kappa shape index (κ3) is 4.91. The molecule has 0 saturated heterocycles. The molecule has 1 heterocycles. The number of alkyl halides is 3. The highest BCUT2D eigenvalue weighted by Gasteiger charge is 2.35. The lowest BCUT2D eigenvalue weighted by Gasteiger charge is -2.18. The van der Waals surface area contributed by atoms with E-state index in [0.29, 0.717) is 11.4 Å². The first-order chi connectivity index (χ1) is 11.6. The van der Waals surface area contributed by atoms with E-state index in [-0.39, 0.29) is 22.7 Å². The third-order valence-corrected chi connectivity index (χ3v) is 4.19. The van der Waals surface area contributed by atoms with Gasteiger partial charge in [0, 0.05) is 24.6 Å². The second kappa shape index (κ2) is 7.38. The van der Waals surface area contributed by atoms with Crippen LogP contribution in [0.3, 0.4) is 0 Å². The number of hydrogen-bond acceptors (Lipinski definition) is 5. The number of rotatable bonds is 5. The zero-order valence-electron chi connectivity index (χ0n) is 14.5. The highest BCUT2D eigenvalue weighted by atomic mass is 32.1. The summed E-state index contributed by atoms with van der Waals surface area (Å²) in [5, 5.41) is 0.0678. The van der Waals surface area contributed by atoms with Gasteiger partial charge in [0.2, 0.25) is 0 Å². The fourth-order valence-electron chi connectivity index (χ4n) is 1.82. The molecule has 1 aromatic heterocycles. The van der Waals surface area contributed by atoms with Crippen molar-refractivity contribution in [1.29, 1.82) is 0 Å². The Bertz CT molecular complexity index is 771. The standard InChI is InChI=1S/C16H19F3N4OS/c1-9(2)23(5)8-20-13-7-12(16(17,18)19)14(6-10(13)3)24-15-21-11(4)22-25-15/h6-9H,1-5H3. The van der Waals surface area contributed by atoms with Gasteiger partial charge < -0.3 is 9.64 Å². The quantitative estimate of drug-likeness (QED) is 0.549. The molecule has 0 radical (unpaired) electrons. The van der Waals surface area contributed by atoms with Gasteiger partial charge in [-0.05, 0) is 45.4 Å². The van der Waals surface area contributed by atoms with Crippen molar-refractivity contribution in [3.8, 4) is 10.9 Å². The molecule has 5 nitrogen and oxygen atoms in total. The molecule has 25 heavy (non-hydrogen) atoms. The highest BCUT2D eigenvalue weighted by Crippen LogP contribution is 2.41. The van der Waals surface area contributed by atoms with Crippen molar-refractivity contribution >= 4 is 23.6 Å².